The molecule has 2 heterocycles. The van der Waals surface area contributed by atoms with E-state index in [1.54, 1.807) is 12.1 Å². The van der Waals surface area contributed by atoms with E-state index in [1.807, 2.05) is 0 Å². The lowest BCUT2D eigenvalue weighted by Crippen LogP contribution is -2.48. The lowest BCUT2D eigenvalue weighted by molar-refractivity contribution is -0.183. The molecule has 0 fully saturated rings. The Bertz CT molecular complexity index is 483. The van der Waals surface area contributed by atoms with Crippen molar-refractivity contribution in [2.24, 2.45) is 4.99 Å². The molecule has 0 bridgehead atoms. The fraction of sp³-hybridized carbons (Fsp3) is 0.300. The monoisotopic (exact) mass is 243 g/mol. The number of pyridine rings is 1. The predicted molar refractivity (Wildman–Crippen MR) is 53.4 cm³/mol. The molecule has 0 spiro atoms. The van der Waals surface area contributed by atoms with E-state index >= 15 is 0 Å². The van der Waals surface area contributed by atoms with Crippen LogP contribution in [0.4, 0.5) is 13.2 Å². The molecule has 4 nitrogen and oxygen atoms in total. The Morgan fingerprint density at radius 3 is 2.53 bits per heavy atom. The van der Waals surface area contributed by atoms with Crippen LogP contribution in [0.3, 0.4) is 0 Å². The van der Waals surface area contributed by atoms with Crippen molar-refractivity contribution in [3.05, 3.63) is 30.1 Å². The molecule has 1 aromatic rings. The van der Waals surface area contributed by atoms with Gasteiger partial charge >= 0.3 is 6.18 Å². The van der Waals surface area contributed by atoms with Gasteiger partial charge in [-0.25, -0.2) is 4.99 Å². The number of amides is 1. The van der Waals surface area contributed by atoms with Crippen molar-refractivity contribution in [2.75, 3.05) is 0 Å². The van der Waals surface area contributed by atoms with Crippen molar-refractivity contribution < 1.29 is 18.0 Å². The molecule has 0 aromatic carbocycles. The summed E-state index contributed by atoms with van der Waals surface area (Å²) in [7, 11) is 0. The van der Waals surface area contributed by atoms with Gasteiger partial charge in [-0.2, -0.15) is 13.2 Å². The Kier molecular flexibility index (Phi) is 2.41. The number of amidine groups is 1. The second kappa shape index (κ2) is 3.54. The van der Waals surface area contributed by atoms with Gasteiger partial charge in [0.15, 0.2) is 5.84 Å². The second-order valence-electron chi connectivity index (χ2n) is 3.70. The van der Waals surface area contributed by atoms with Gasteiger partial charge in [-0.3, -0.25) is 9.78 Å². The number of nitrogens with zero attached hydrogens (tertiary/aromatic N) is 2. The number of aromatic nitrogens is 1. The summed E-state index contributed by atoms with van der Waals surface area (Å²) in [5.74, 6) is -1.35. The minimum Gasteiger partial charge on any atom is -0.307 e. The first-order chi connectivity index (χ1) is 7.84. The zero-order valence-corrected chi connectivity index (χ0v) is 8.75. The number of alkyl halides is 3. The molecule has 1 amide bonds. The number of nitrogens with one attached hydrogen (secondary N) is 1. The summed E-state index contributed by atoms with van der Waals surface area (Å²) in [5.41, 5.74) is -2.53. The number of hydrogen-bond acceptors (Lipinski definition) is 3. The van der Waals surface area contributed by atoms with Crippen LogP contribution < -0.4 is 5.32 Å². The summed E-state index contributed by atoms with van der Waals surface area (Å²) in [4.78, 5) is 18.6. The second-order valence-corrected chi connectivity index (χ2v) is 3.70. The topological polar surface area (TPSA) is 54.4 Å². The van der Waals surface area contributed by atoms with Gasteiger partial charge in [-0.15, -0.1) is 0 Å². The molecule has 1 N–H and O–H groups in total. The van der Waals surface area contributed by atoms with Crippen LogP contribution in [0.1, 0.15) is 12.6 Å². The highest BCUT2D eigenvalue weighted by atomic mass is 19.4. The van der Waals surface area contributed by atoms with Crippen LogP contribution in [-0.2, 0) is 4.79 Å². The Hall–Kier alpha value is -1.92. The van der Waals surface area contributed by atoms with Crippen LogP contribution in [0.2, 0.25) is 0 Å². The highest BCUT2D eigenvalue weighted by Crippen LogP contribution is 2.36. The van der Waals surface area contributed by atoms with Crippen molar-refractivity contribution >= 4 is 11.7 Å². The van der Waals surface area contributed by atoms with Gasteiger partial charge in [0.25, 0.3) is 5.91 Å². The maximum Gasteiger partial charge on any atom is 0.422 e. The zero-order chi connectivity index (χ0) is 12.7. The first kappa shape index (κ1) is 11.6. The number of rotatable bonds is 1. The van der Waals surface area contributed by atoms with Gasteiger partial charge in [0.1, 0.15) is 5.69 Å². The molecule has 7 heteroatoms. The van der Waals surface area contributed by atoms with Crippen molar-refractivity contribution in [1.29, 1.82) is 0 Å². The van der Waals surface area contributed by atoms with Crippen molar-refractivity contribution in [2.45, 2.75) is 18.6 Å². The van der Waals surface area contributed by atoms with E-state index in [-0.39, 0.29) is 11.5 Å². The van der Waals surface area contributed by atoms with Crippen LogP contribution in [0.15, 0.2) is 29.4 Å². The molecule has 1 aliphatic heterocycles. The molecule has 0 saturated heterocycles. The van der Waals surface area contributed by atoms with Gasteiger partial charge in [0, 0.05) is 6.20 Å². The Morgan fingerprint density at radius 1 is 1.35 bits per heavy atom. The standard InChI is InChI=1S/C10H8F3N3O/c1-9(10(11,12)13)8(17)15-7(16-9)6-4-2-3-5-14-6/h2-5H,1H3,(H,15,16,17). The minimum absolute atomic E-state index is 0.157. The Balaban J connectivity index is 2.42. The summed E-state index contributed by atoms with van der Waals surface area (Å²) in [5, 5.41) is 2.10. The van der Waals surface area contributed by atoms with Crippen molar-refractivity contribution in [1.82, 2.24) is 10.3 Å². The quantitative estimate of drug-likeness (QED) is 0.807. The van der Waals surface area contributed by atoms with Crippen LogP contribution in [-0.4, -0.2) is 28.4 Å². The molecule has 17 heavy (non-hydrogen) atoms. The Morgan fingerprint density at radius 2 is 2.06 bits per heavy atom. The number of hydrogen-bond donors (Lipinski definition) is 1. The first-order valence-electron chi connectivity index (χ1n) is 4.74. The normalized spacial score (nSPS) is 24.5. The van der Waals surface area contributed by atoms with Gasteiger partial charge in [0.05, 0.1) is 0 Å². The fourth-order valence-electron chi connectivity index (χ4n) is 1.35. The molecule has 2 rings (SSSR count). The number of halogens is 3. The van der Waals surface area contributed by atoms with Crippen LogP contribution in [0, 0.1) is 0 Å². The molecule has 1 unspecified atom stereocenters. The van der Waals surface area contributed by atoms with E-state index < -0.39 is 17.6 Å². The summed E-state index contributed by atoms with van der Waals surface area (Å²) >= 11 is 0. The van der Waals surface area contributed by atoms with Gasteiger partial charge in [0.2, 0.25) is 5.54 Å². The van der Waals surface area contributed by atoms with Gasteiger partial charge in [-0.05, 0) is 19.1 Å². The SMILES string of the molecule is CC1(C(F)(F)F)N=C(c2ccccn2)NC1=O. The van der Waals surface area contributed by atoms with E-state index in [0.29, 0.717) is 0 Å². The summed E-state index contributed by atoms with van der Waals surface area (Å²) in [6, 6.07) is 4.69. The van der Waals surface area contributed by atoms with Crippen molar-refractivity contribution in [3.8, 4) is 0 Å². The van der Waals surface area contributed by atoms with Crippen molar-refractivity contribution in [3.63, 3.8) is 0 Å². The molecule has 1 aromatic heterocycles. The molecule has 0 aliphatic carbocycles. The third kappa shape index (κ3) is 1.77. The summed E-state index contributed by atoms with van der Waals surface area (Å²) in [6.45, 7) is 0.734. The fourth-order valence-corrected chi connectivity index (χ4v) is 1.35. The molecule has 1 aliphatic rings. The largest absolute Gasteiger partial charge is 0.422 e. The number of carbonyl (C=O) groups is 1. The molecule has 0 radical (unpaired) electrons. The Labute approximate surface area is 94.6 Å². The molecule has 1 atom stereocenters. The molecule has 0 saturated carbocycles. The average molecular weight is 243 g/mol. The average Bonchev–Trinajstić information content (AvgIpc) is 2.57. The predicted octanol–water partition coefficient (Wildman–Crippen LogP) is 1.28. The maximum atomic E-state index is 12.7. The number of aliphatic imine (C=N–C) groups is 1. The van der Waals surface area contributed by atoms with Crippen LogP contribution in [0.25, 0.3) is 0 Å². The summed E-state index contributed by atoms with van der Waals surface area (Å²) < 4.78 is 38.1. The summed E-state index contributed by atoms with van der Waals surface area (Å²) in [6.07, 6.45) is -3.32. The van der Waals surface area contributed by atoms with E-state index in [9.17, 15) is 18.0 Å². The van der Waals surface area contributed by atoms with E-state index in [1.165, 1.54) is 12.3 Å². The third-order valence-electron chi connectivity index (χ3n) is 2.47. The third-order valence-corrected chi connectivity index (χ3v) is 2.47. The minimum atomic E-state index is -4.73. The molecular formula is C10H8F3N3O. The molecule has 90 valence electrons. The molecular weight excluding hydrogens is 235 g/mol. The smallest absolute Gasteiger partial charge is 0.307 e. The number of carbonyl (C=O) groups excluding carboxylic acids is 1. The lowest BCUT2D eigenvalue weighted by Gasteiger charge is -2.20. The first-order valence-corrected chi connectivity index (χ1v) is 4.74. The van der Waals surface area contributed by atoms with E-state index in [0.717, 1.165) is 6.92 Å². The van der Waals surface area contributed by atoms with E-state index in [4.69, 9.17) is 0 Å². The highest BCUT2D eigenvalue weighted by molar-refractivity contribution is 6.14. The van der Waals surface area contributed by atoms with Gasteiger partial charge in [-0.1, -0.05) is 6.07 Å². The van der Waals surface area contributed by atoms with Crippen LogP contribution >= 0.6 is 0 Å². The van der Waals surface area contributed by atoms with Gasteiger partial charge < -0.3 is 5.32 Å². The zero-order valence-electron chi connectivity index (χ0n) is 8.75. The maximum absolute atomic E-state index is 12.7. The lowest BCUT2D eigenvalue weighted by atomic mass is 10.0. The highest BCUT2D eigenvalue weighted by Gasteiger charge is 2.60. The van der Waals surface area contributed by atoms with Crippen LogP contribution in [0.5, 0.6) is 0 Å². The van der Waals surface area contributed by atoms with E-state index in [2.05, 4.69) is 15.3 Å².